The summed E-state index contributed by atoms with van der Waals surface area (Å²) in [7, 11) is 0. The van der Waals surface area contributed by atoms with Crippen molar-refractivity contribution in [1.29, 1.82) is 0 Å². The number of aliphatic hydroxyl groups excluding tert-OH is 1. The molecule has 0 amide bonds. The minimum absolute atomic E-state index is 0.343. The molecule has 0 saturated heterocycles. The molecular formula is C16H30O. The monoisotopic (exact) mass is 238 g/mol. The standard InChI is InChI=1S/C16H30O/c1-12-8-9-16(15(4)10-12)14(3)7-5-6-13(2)11-17/h10,13-17H,5-9,11H2,1-4H3/t13-,14-,15+,16+/m1/s1. The van der Waals surface area contributed by atoms with E-state index in [0.717, 1.165) is 17.8 Å². The largest absolute Gasteiger partial charge is 0.396 e. The first-order valence-corrected chi connectivity index (χ1v) is 7.32. The van der Waals surface area contributed by atoms with Crippen LogP contribution in [0.4, 0.5) is 0 Å². The zero-order chi connectivity index (χ0) is 12.8. The second-order valence-corrected chi connectivity index (χ2v) is 6.27. The van der Waals surface area contributed by atoms with Gasteiger partial charge in [0, 0.05) is 6.61 Å². The highest BCUT2D eigenvalue weighted by Crippen LogP contribution is 2.35. The van der Waals surface area contributed by atoms with Crippen LogP contribution in [-0.2, 0) is 0 Å². The van der Waals surface area contributed by atoms with Gasteiger partial charge in [0.1, 0.15) is 0 Å². The Morgan fingerprint density at radius 2 is 2.06 bits per heavy atom. The molecule has 4 atom stereocenters. The van der Waals surface area contributed by atoms with Crippen LogP contribution in [0, 0.1) is 23.7 Å². The second kappa shape index (κ2) is 7.20. The van der Waals surface area contributed by atoms with Crippen LogP contribution in [-0.4, -0.2) is 11.7 Å². The van der Waals surface area contributed by atoms with Crippen LogP contribution >= 0.6 is 0 Å². The average Bonchev–Trinajstić information content (AvgIpc) is 2.28. The van der Waals surface area contributed by atoms with Gasteiger partial charge in [0.25, 0.3) is 0 Å². The summed E-state index contributed by atoms with van der Waals surface area (Å²) >= 11 is 0. The Labute approximate surface area is 107 Å². The highest BCUT2D eigenvalue weighted by molar-refractivity contribution is 5.06. The summed E-state index contributed by atoms with van der Waals surface area (Å²) in [4.78, 5) is 0. The molecule has 1 heteroatoms. The second-order valence-electron chi connectivity index (χ2n) is 6.27. The van der Waals surface area contributed by atoms with E-state index in [-0.39, 0.29) is 0 Å². The van der Waals surface area contributed by atoms with E-state index in [1.54, 1.807) is 5.57 Å². The van der Waals surface area contributed by atoms with Gasteiger partial charge < -0.3 is 5.11 Å². The summed E-state index contributed by atoms with van der Waals surface area (Å²) in [5, 5.41) is 9.01. The molecule has 0 radical (unpaired) electrons. The van der Waals surface area contributed by atoms with E-state index in [2.05, 4.69) is 33.8 Å². The van der Waals surface area contributed by atoms with Gasteiger partial charge in [-0.3, -0.25) is 0 Å². The van der Waals surface area contributed by atoms with Crippen LogP contribution in [0.25, 0.3) is 0 Å². The predicted octanol–water partition coefficient (Wildman–Crippen LogP) is 4.41. The zero-order valence-electron chi connectivity index (χ0n) is 12.1. The minimum atomic E-state index is 0.343. The lowest BCUT2D eigenvalue weighted by Crippen LogP contribution is -2.22. The first-order valence-electron chi connectivity index (χ1n) is 7.32. The van der Waals surface area contributed by atoms with Crippen molar-refractivity contribution in [3.8, 4) is 0 Å². The number of hydrogen-bond donors (Lipinski definition) is 1. The molecule has 1 N–H and O–H groups in total. The predicted molar refractivity (Wildman–Crippen MR) is 74.9 cm³/mol. The van der Waals surface area contributed by atoms with E-state index in [0.29, 0.717) is 12.5 Å². The summed E-state index contributed by atoms with van der Waals surface area (Å²) in [6.07, 6.45) is 8.92. The van der Waals surface area contributed by atoms with Crippen molar-refractivity contribution in [2.75, 3.05) is 6.61 Å². The van der Waals surface area contributed by atoms with Crippen molar-refractivity contribution in [3.05, 3.63) is 11.6 Å². The highest BCUT2D eigenvalue weighted by atomic mass is 16.3. The van der Waals surface area contributed by atoms with Crippen LogP contribution in [0.15, 0.2) is 11.6 Å². The third-order valence-corrected chi connectivity index (χ3v) is 4.49. The summed E-state index contributed by atoms with van der Waals surface area (Å²) < 4.78 is 0. The third kappa shape index (κ3) is 4.83. The smallest absolute Gasteiger partial charge is 0.0456 e. The molecule has 0 aromatic heterocycles. The minimum Gasteiger partial charge on any atom is -0.396 e. The van der Waals surface area contributed by atoms with Crippen LogP contribution in [0.2, 0.25) is 0 Å². The molecular weight excluding hydrogens is 208 g/mol. The van der Waals surface area contributed by atoms with Crippen molar-refractivity contribution >= 4 is 0 Å². The molecule has 1 nitrogen and oxygen atoms in total. The van der Waals surface area contributed by atoms with Gasteiger partial charge >= 0.3 is 0 Å². The van der Waals surface area contributed by atoms with Gasteiger partial charge in [-0.15, -0.1) is 0 Å². The quantitative estimate of drug-likeness (QED) is 0.679. The van der Waals surface area contributed by atoms with Gasteiger partial charge in [-0.2, -0.15) is 0 Å². The molecule has 17 heavy (non-hydrogen) atoms. The number of aliphatic hydroxyl groups is 1. The van der Waals surface area contributed by atoms with Gasteiger partial charge in [0.2, 0.25) is 0 Å². The average molecular weight is 238 g/mol. The molecule has 1 aliphatic carbocycles. The van der Waals surface area contributed by atoms with Gasteiger partial charge in [-0.25, -0.2) is 0 Å². The third-order valence-electron chi connectivity index (χ3n) is 4.49. The van der Waals surface area contributed by atoms with Crippen LogP contribution in [0.3, 0.4) is 0 Å². The SMILES string of the molecule is CC1=C[C@H](C)[C@H]([C@H](C)CCC[C@@H](C)CO)CC1. The van der Waals surface area contributed by atoms with Gasteiger partial charge in [0.05, 0.1) is 0 Å². The van der Waals surface area contributed by atoms with E-state index in [4.69, 9.17) is 5.11 Å². The summed E-state index contributed by atoms with van der Waals surface area (Å²) in [5.41, 5.74) is 1.58. The van der Waals surface area contributed by atoms with E-state index in [1.807, 2.05) is 0 Å². The van der Waals surface area contributed by atoms with Crippen molar-refractivity contribution in [2.24, 2.45) is 23.7 Å². The molecule has 0 bridgehead atoms. The maximum atomic E-state index is 9.01. The van der Waals surface area contributed by atoms with Gasteiger partial charge in [-0.1, -0.05) is 45.3 Å². The molecule has 0 heterocycles. The number of hydrogen-bond acceptors (Lipinski definition) is 1. The Kier molecular flexibility index (Phi) is 6.26. The van der Waals surface area contributed by atoms with E-state index in [1.165, 1.54) is 32.1 Å². The molecule has 100 valence electrons. The molecule has 0 saturated carbocycles. The zero-order valence-corrected chi connectivity index (χ0v) is 12.1. The Bertz CT molecular complexity index is 244. The van der Waals surface area contributed by atoms with E-state index >= 15 is 0 Å². The topological polar surface area (TPSA) is 20.2 Å². The highest BCUT2D eigenvalue weighted by Gasteiger charge is 2.24. The fraction of sp³-hybridized carbons (Fsp3) is 0.875. The normalized spacial score (nSPS) is 28.6. The van der Waals surface area contributed by atoms with Crippen LogP contribution < -0.4 is 0 Å². The molecule has 0 aromatic rings. The fourth-order valence-corrected chi connectivity index (χ4v) is 3.21. The van der Waals surface area contributed by atoms with Crippen molar-refractivity contribution in [3.63, 3.8) is 0 Å². The molecule has 1 rings (SSSR count). The van der Waals surface area contributed by atoms with E-state index < -0.39 is 0 Å². The number of allylic oxidation sites excluding steroid dienone is 2. The molecule has 0 spiro atoms. The first kappa shape index (κ1) is 14.8. The number of rotatable bonds is 6. The molecule has 0 unspecified atom stereocenters. The molecule has 0 aliphatic heterocycles. The van der Waals surface area contributed by atoms with Gasteiger partial charge in [-0.05, 0) is 49.9 Å². The maximum absolute atomic E-state index is 9.01. The lowest BCUT2D eigenvalue weighted by atomic mass is 9.73. The molecule has 1 aliphatic rings. The molecule has 0 fully saturated rings. The van der Waals surface area contributed by atoms with Crippen LogP contribution in [0.1, 0.15) is 59.8 Å². The van der Waals surface area contributed by atoms with Gasteiger partial charge in [0.15, 0.2) is 0 Å². The van der Waals surface area contributed by atoms with Crippen LogP contribution in [0.5, 0.6) is 0 Å². The molecule has 0 aromatic carbocycles. The lowest BCUT2D eigenvalue weighted by molar-refractivity contribution is 0.212. The summed E-state index contributed by atoms with van der Waals surface area (Å²) in [6.45, 7) is 9.54. The van der Waals surface area contributed by atoms with Crippen molar-refractivity contribution < 1.29 is 5.11 Å². The first-order chi connectivity index (χ1) is 8.04. The maximum Gasteiger partial charge on any atom is 0.0456 e. The Morgan fingerprint density at radius 3 is 2.65 bits per heavy atom. The summed E-state index contributed by atoms with van der Waals surface area (Å²) in [5.74, 6) is 2.95. The van der Waals surface area contributed by atoms with Crippen molar-refractivity contribution in [1.82, 2.24) is 0 Å². The Balaban J connectivity index is 2.30. The van der Waals surface area contributed by atoms with Crippen molar-refractivity contribution in [2.45, 2.75) is 59.8 Å². The Morgan fingerprint density at radius 1 is 1.35 bits per heavy atom. The van der Waals surface area contributed by atoms with E-state index in [9.17, 15) is 0 Å². The fourth-order valence-electron chi connectivity index (χ4n) is 3.21. The Hall–Kier alpha value is -0.300. The lowest BCUT2D eigenvalue weighted by Gasteiger charge is -2.32. The summed E-state index contributed by atoms with van der Waals surface area (Å²) in [6, 6.07) is 0.